The fourth-order valence-corrected chi connectivity index (χ4v) is 2.57. The van der Waals surface area contributed by atoms with E-state index in [4.69, 9.17) is 0 Å². The van der Waals surface area contributed by atoms with Crippen LogP contribution in [0.4, 0.5) is 17.6 Å². The molecule has 0 atom stereocenters. The molecule has 0 fully saturated rings. The average molecular weight is 365 g/mol. The largest absolute Gasteiger partial charge is 0.416 e. The molecule has 2 aromatic heterocycles. The Kier molecular flexibility index (Phi) is 4.43. The van der Waals surface area contributed by atoms with Gasteiger partial charge in [0.05, 0.1) is 11.1 Å². The number of carbonyl (C=O) groups is 1. The Hall–Kier alpha value is -2.90. The summed E-state index contributed by atoms with van der Waals surface area (Å²) in [5.74, 6) is -0.839. The van der Waals surface area contributed by atoms with Gasteiger partial charge in [-0.05, 0) is 23.8 Å². The van der Waals surface area contributed by atoms with Crippen molar-refractivity contribution in [1.29, 1.82) is 0 Å². The molecule has 0 radical (unpaired) electrons. The predicted octanol–water partition coefficient (Wildman–Crippen LogP) is 3.95. The summed E-state index contributed by atoms with van der Waals surface area (Å²) >= 11 is 0. The van der Waals surface area contributed by atoms with Gasteiger partial charge in [0.25, 0.3) is 0 Å². The predicted molar refractivity (Wildman–Crippen MR) is 88.8 cm³/mol. The number of likely N-dealkylation sites (N-methyl/N-ethyl adjacent to an activating group) is 1. The number of aromatic nitrogens is 2. The van der Waals surface area contributed by atoms with E-state index in [2.05, 4.69) is 4.98 Å². The van der Waals surface area contributed by atoms with Crippen LogP contribution in [0, 0.1) is 5.82 Å². The molecule has 3 rings (SSSR count). The molecule has 2 heterocycles. The first-order valence-electron chi connectivity index (χ1n) is 7.69. The lowest BCUT2D eigenvalue weighted by atomic mass is 10.0. The van der Waals surface area contributed by atoms with Gasteiger partial charge in [-0.25, -0.2) is 4.39 Å². The maximum absolute atomic E-state index is 14.1. The minimum absolute atomic E-state index is 0.0623. The number of amides is 1. The molecule has 8 heteroatoms. The fourth-order valence-electron chi connectivity index (χ4n) is 2.57. The smallest absolute Gasteiger partial charge is 0.347 e. The molecule has 26 heavy (non-hydrogen) atoms. The van der Waals surface area contributed by atoms with Crippen LogP contribution in [-0.2, 0) is 17.5 Å². The second-order valence-corrected chi connectivity index (χ2v) is 6.06. The van der Waals surface area contributed by atoms with E-state index in [-0.39, 0.29) is 18.0 Å². The van der Waals surface area contributed by atoms with Crippen LogP contribution in [0.1, 0.15) is 5.56 Å². The third-order valence-corrected chi connectivity index (χ3v) is 4.00. The van der Waals surface area contributed by atoms with Crippen molar-refractivity contribution in [1.82, 2.24) is 14.5 Å². The topological polar surface area (TPSA) is 38.1 Å². The minimum atomic E-state index is -4.46. The number of pyridine rings is 1. The summed E-state index contributed by atoms with van der Waals surface area (Å²) in [6.07, 6.45) is -1.98. The number of rotatable bonds is 3. The number of carbonyl (C=O) groups excluding carboxylic acids is 1. The number of alkyl halides is 3. The van der Waals surface area contributed by atoms with Crippen LogP contribution in [0.15, 0.2) is 42.7 Å². The van der Waals surface area contributed by atoms with Gasteiger partial charge < -0.3 is 9.47 Å². The molecule has 0 bridgehead atoms. The van der Waals surface area contributed by atoms with Gasteiger partial charge in [0.2, 0.25) is 5.91 Å². The molecule has 1 aromatic carbocycles. The summed E-state index contributed by atoms with van der Waals surface area (Å²) < 4.78 is 54.2. The van der Waals surface area contributed by atoms with Gasteiger partial charge in [0, 0.05) is 32.1 Å². The lowest BCUT2D eigenvalue weighted by Gasteiger charge is -2.12. The van der Waals surface area contributed by atoms with Crippen molar-refractivity contribution < 1.29 is 22.4 Å². The Labute approximate surface area is 146 Å². The Morgan fingerprint density at radius 2 is 1.92 bits per heavy atom. The first-order valence-corrected chi connectivity index (χ1v) is 7.69. The molecular formula is C18H15F4N3O. The quantitative estimate of drug-likeness (QED) is 0.659. The van der Waals surface area contributed by atoms with Crippen molar-refractivity contribution in [3.05, 3.63) is 54.1 Å². The summed E-state index contributed by atoms with van der Waals surface area (Å²) in [6.45, 7) is -0.0961. The van der Waals surface area contributed by atoms with E-state index in [1.165, 1.54) is 33.9 Å². The molecule has 0 aliphatic heterocycles. The number of hydrogen-bond donors (Lipinski definition) is 0. The van der Waals surface area contributed by atoms with Crippen LogP contribution in [0.5, 0.6) is 0 Å². The lowest BCUT2D eigenvalue weighted by molar-refractivity contribution is -0.137. The highest BCUT2D eigenvalue weighted by atomic mass is 19.4. The van der Waals surface area contributed by atoms with E-state index in [0.29, 0.717) is 16.6 Å². The molecule has 136 valence electrons. The molecular weight excluding hydrogens is 350 g/mol. The van der Waals surface area contributed by atoms with Crippen molar-refractivity contribution in [2.75, 3.05) is 14.1 Å². The average Bonchev–Trinajstić information content (AvgIpc) is 2.89. The monoisotopic (exact) mass is 365 g/mol. The number of hydrogen-bond acceptors (Lipinski definition) is 2. The third-order valence-electron chi connectivity index (χ3n) is 4.00. The van der Waals surface area contributed by atoms with Crippen LogP contribution >= 0.6 is 0 Å². The summed E-state index contributed by atoms with van der Waals surface area (Å²) in [4.78, 5) is 17.3. The van der Waals surface area contributed by atoms with E-state index in [1.807, 2.05) is 0 Å². The highest BCUT2D eigenvalue weighted by Crippen LogP contribution is 2.33. The molecule has 3 aromatic rings. The Morgan fingerprint density at radius 1 is 1.19 bits per heavy atom. The van der Waals surface area contributed by atoms with Gasteiger partial charge >= 0.3 is 6.18 Å². The van der Waals surface area contributed by atoms with Crippen molar-refractivity contribution in [2.45, 2.75) is 12.7 Å². The molecule has 0 unspecified atom stereocenters. The first kappa shape index (κ1) is 17.9. The molecule has 0 aliphatic rings. The molecule has 4 nitrogen and oxygen atoms in total. The fraction of sp³-hybridized carbons (Fsp3) is 0.222. The zero-order valence-corrected chi connectivity index (χ0v) is 14.0. The van der Waals surface area contributed by atoms with Gasteiger partial charge in [-0.3, -0.25) is 9.78 Å². The number of fused-ring (bicyclic) bond motifs is 1. The SMILES string of the molecule is CN(C)C(=O)Cn1cc(F)c2ncc(-c3cccc(C(F)(F)F)c3)cc21. The van der Waals surface area contributed by atoms with Crippen molar-refractivity contribution in [3.63, 3.8) is 0 Å². The van der Waals surface area contributed by atoms with E-state index in [9.17, 15) is 22.4 Å². The highest BCUT2D eigenvalue weighted by molar-refractivity contribution is 5.84. The summed E-state index contributed by atoms with van der Waals surface area (Å²) in [5, 5.41) is 0. The second kappa shape index (κ2) is 6.44. The van der Waals surface area contributed by atoms with Gasteiger partial charge in [0.1, 0.15) is 12.1 Å². The van der Waals surface area contributed by atoms with Crippen molar-refractivity contribution in [3.8, 4) is 11.1 Å². The van der Waals surface area contributed by atoms with Crippen LogP contribution in [0.3, 0.4) is 0 Å². The molecule has 0 saturated heterocycles. The number of nitrogens with zero attached hydrogens (tertiary/aromatic N) is 3. The summed E-state index contributed by atoms with van der Waals surface area (Å²) in [6, 6.07) is 6.35. The molecule has 0 spiro atoms. The third kappa shape index (κ3) is 3.40. The summed E-state index contributed by atoms with van der Waals surface area (Å²) in [7, 11) is 3.16. The minimum Gasteiger partial charge on any atom is -0.347 e. The lowest BCUT2D eigenvalue weighted by Crippen LogP contribution is -2.25. The van der Waals surface area contributed by atoms with Crippen molar-refractivity contribution >= 4 is 16.9 Å². The molecule has 0 aliphatic carbocycles. The number of halogens is 4. The van der Waals surface area contributed by atoms with E-state index in [1.54, 1.807) is 14.1 Å². The molecule has 1 amide bonds. The highest BCUT2D eigenvalue weighted by Gasteiger charge is 2.30. The van der Waals surface area contributed by atoms with Gasteiger partial charge in [-0.1, -0.05) is 12.1 Å². The van der Waals surface area contributed by atoms with Crippen molar-refractivity contribution in [2.24, 2.45) is 0 Å². The Bertz CT molecular complexity index is 976. The first-order chi connectivity index (χ1) is 12.2. The maximum atomic E-state index is 14.1. The van der Waals surface area contributed by atoms with Crippen LogP contribution < -0.4 is 0 Å². The maximum Gasteiger partial charge on any atom is 0.416 e. The van der Waals surface area contributed by atoms with E-state index >= 15 is 0 Å². The van der Waals surface area contributed by atoms with Gasteiger partial charge in [-0.2, -0.15) is 13.2 Å². The Balaban J connectivity index is 2.08. The zero-order valence-electron chi connectivity index (χ0n) is 14.0. The van der Waals surface area contributed by atoms with E-state index < -0.39 is 17.6 Å². The second-order valence-electron chi connectivity index (χ2n) is 6.06. The van der Waals surface area contributed by atoms with Crippen LogP contribution in [-0.4, -0.2) is 34.5 Å². The van der Waals surface area contributed by atoms with Gasteiger partial charge in [-0.15, -0.1) is 0 Å². The Morgan fingerprint density at radius 3 is 2.58 bits per heavy atom. The van der Waals surface area contributed by atoms with Crippen LogP contribution in [0.2, 0.25) is 0 Å². The van der Waals surface area contributed by atoms with Gasteiger partial charge in [0.15, 0.2) is 5.82 Å². The standard InChI is InChI=1S/C18H15F4N3O/c1-24(2)16(26)10-25-9-14(19)17-15(25)7-12(8-23-17)11-4-3-5-13(6-11)18(20,21)22/h3-9H,10H2,1-2H3. The molecule has 0 N–H and O–H groups in total. The normalized spacial score (nSPS) is 11.8. The van der Waals surface area contributed by atoms with E-state index in [0.717, 1.165) is 18.3 Å². The van der Waals surface area contributed by atoms with Crippen LogP contribution in [0.25, 0.3) is 22.2 Å². The number of benzene rings is 1. The zero-order chi connectivity index (χ0) is 19.1. The molecule has 0 saturated carbocycles. The summed E-state index contributed by atoms with van der Waals surface area (Å²) in [5.41, 5.74) is 0.334.